The summed E-state index contributed by atoms with van der Waals surface area (Å²) in [7, 11) is 1.57. The number of thiophene rings is 1. The molecular formula is C22H24N2O3S. The highest BCUT2D eigenvalue weighted by Gasteiger charge is 2.16. The van der Waals surface area contributed by atoms with Gasteiger partial charge in [0, 0.05) is 17.0 Å². The maximum atomic E-state index is 12.7. The smallest absolute Gasteiger partial charge is 0.268 e. The van der Waals surface area contributed by atoms with Gasteiger partial charge in [-0.1, -0.05) is 17.7 Å². The van der Waals surface area contributed by atoms with Crippen LogP contribution in [0.2, 0.25) is 0 Å². The summed E-state index contributed by atoms with van der Waals surface area (Å²) in [6, 6.07) is 10.6. The fourth-order valence-electron chi connectivity index (χ4n) is 2.97. The molecule has 0 aliphatic heterocycles. The van der Waals surface area contributed by atoms with E-state index >= 15 is 0 Å². The van der Waals surface area contributed by atoms with Crippen molar-refractivity contribution in [1.29, 1.82) is 0 Å². The number of benzene rings is 1. The summed E-state index contributed by atoms with van der Waals surface area (Å²) in [4.78, 5) is 26.3. The van der Waals surface area contributed by atoms with Crippen molar-refractivity contribution in [3.8, 4) is 5.75 Å². The Kier molecular flexibility index (Phi) is 7.03. The van der Waals surface area contributed by atoms with Crippen LogP contribution in [0.15, 0.2) is 59.1 Å². The van der Waals surface area contributed by atoms with Gasteiger partial charge in [-0.05, 0) is 67.5 Å². The zero-order valence-electron chi connectivity index (χ0n) is 15.9. The van der Waals surface area contributed by atoms with Gasteiger partial charge in [0.05, 0.1) is 7.11 Å². The van der Waals surface area contributed by atoms with Gasteiger partial charge in [0.1, 0.15) is 11.4 Å². The predicted octanol–water partition coefficient (Wildman–Crippen LogP) is 4.14. The molecule has 1 aromatic heterocycles. The third-order valence-corrected chi connectivity index (χ3v) is 5.36. The van der Waals surface area contributed by atoms with Crippen molar-refractivity contribution in [2.45, 2.75) is 25.7 Å². The van der Waals surface area contributed by atoms with Crippen LogP contribution in [0.5, 0.6) is 5.75 Å². The van der Waals surface area contributed by atoms with Crippen molar-refractivity contribution in [2.24, 2.45) is 0 Å². The maximum Gasteiger partial charge on any atom is 0.268 e. The number of allylic oxidation sites excluding steroid dienone is 1. The van der Waals surface area contributed by atoms with E-state index in [0.717, 1.165) is 24.1 Å². The standard InChI is InChI=1S/C22H24N2O3S/c1-27-18-11-9-17(10-12-18)21(25)24-20(14-19-8-5-13-28-19)22(26)23-15-16-6-3-2-4-7-16/h5-6,8-14H,2-4,7,15H2,1H3,(H,23,26)(H,24,25)/b20-14-. The first-order valence-corrected chi connectivity index (χ1v) is 10.2. The van der Waals surface area contributed by atoms with Crippen LogP contribution in [0, 0.1) is 0 Å². The second-order valence-electron chi connectivity index (χ2n) is 6.55. The van der Waals surface area contributed by atoms with E-state index in [4.69, 9.17) is 4.74 Å². The molecule has 2 amide bonds. The van der Waals surface area contributed by atoms with Gasteiger partial charge in [-0.3, -0.25) is 9.59 Å². The zero-order valence-corrected chi connectivity index (χ0v) is 16.7. The van der Waals surface area contributed by atoms with Crippen LogP contribution in [-0.4, -0.2) is 25.5 Å². The number of rotatable bonds is 7. The van der Waals surface area contributed by atoms with E-state index in [9.17, 15) is 9.59 Å². The molecule has 28 heavy (non-hydrogen) atoms. The number of carbonyl (C=O) groups is 2. The van der Waals surface area contributed by atoms with Gasteiger partial charge in [-0.25, -0.2) is 0 Å². The Balaban J connectivity index is 1.71. The lowest BCUT2D eigenvalue weighted by molar-refractivity contribution is -0.117. The number of amides is 2. The summed E-state index contributed by atoms with van der Waals surface area (Å²) in [6.45, 7) is 0.513. The molecule has 0 bridgehead atoms. The molecule has 146 valence electrons. The molecule has 1 aliphatic rings. The molecule has 2 N–H and O–H groups in total. The molecule has 0 fully saturated rings. The van der Waals surface area contributed by atoms with Crippen LogP contribution in [-0.2, 0) is 4.79 Å². The minimum Gasteiger partial charge on any atom is -0.497 e. The van der Waals surface area contributed by atoms with Gasteiger partial charge in [-0.15, -0.1) is 11.3 Å². The van der Waals surface area contributed by atoms with Crippen LogP contribution in [0.3, 0.4) is 0 Å². The van der Waals surface area contributed by atoms with E-state index < -0.39 is 0 Å². The third-order valence-electron chi connectivity index (χ3n) is 4.54. The van der Waals surface area contributed by atoms with E-state index in [2.05, 4.69) is 16.7 Å². The van der Waals surface area contributed by atoms with Crippen molar-refractivity contribution in [3.63, 3.8) is 0 Å². The van der Waals surface area contributed by atoms with Gasteiger partial charge < -0.3 is 15.4 Å². The summed E-state index contributed by atoms with van der Waals surface area (Å²) in [5, 5.41) is 7.62. The molecule has 1 aliphatic carbocycles. The number of methoxy groups -OCH3 is 1. The van der Waals surface area contributed by atoms with Gasteiger partial charge >= 0.3 is 0 Å². The summed E-state index contributed by atoms with van der Waals surface area (Å²) >= 11 is 1.51. The Morgan fingerprint density at radius 3 is 2.64 bits per heavy atom. The van der Waals surface area contributed by atoms with Gasteiger partial charge in [0.25, 0.3) is 11.8 Å². The number of hydrogen-bond donors (Lipinski definition) is 2. The van der Waals surface area contributed by atoms with E-state index in [1.54, 1.807) is 37.5 Å². The average molecular weight is 397 g/mol. The first-order chi connectivity index (χ1) is 13.7. The largest absolute Gasteiger partial charge is 0.497 e. The van der Waals surface area contributed by atoms with Gasteiger partial charge in [-0.2, -0.15) is 0 Å². The summed E-state index contributed by atoms with van der Waals surface area (Å²) < 4.78 is 5.12. The molecule has 0 saturated heterocycles. The van der Waals surface area contributed by atoms with Crippen LogP contribution in [0.25, 0.3) is 6.08 Å². The lowest BCUT2D eigenvalue weighted by Crippen LogP contribution is -2.35. The van der Waals surface area contributed by atoms with E-state index in [0.29, 0.717) is 17.9 Å². The fraction of sp³-hybridized carbons (Fsp3) is 0.273. The average Bonchev–Trinajstić information content (AvgIpc) is 3.25. The maximum absolute atomic E-state index is 12.7. The van der Waals surface area contributed by atoms with E-state index in [1.807, 2.05) is 17.5 Å². The summed E-state index contributed by atoms with van der Waals surface area (Å²) in [5.74, 6) is 0.0450. The quantitative estimate of drug-likeness (QED) is 0.546. The summed E-state index contributed by atoms with van der Waals surface area (Å²) in [5.41, 5.74) is 1.94. The first kappa shape index (κ1) is 19.9. The molecule has 0 saturated carbocycles. The SMILES string of the molecule is COc1ccc(C(=O)N/C(=C\c2cccs2)C(=O)NCC2=CCCCC2)cc1. The molecule has 0 unspecified atom stereocenters. The molecule has 1 heterocycles. The highest BCUT2D eigenvalue weighted by Crippen LogP contribution is 2.17. The minimum absolute atomic E-state index is 0.236. The van der Waals surface area contributed by atoms with Crippen LogP contribution < -0.4 is 15.4 Å². The Morgan fingerprint density at radius 2 is 2.00 bits per heavy atom. The first-order valence-electron chi connectivity index (χ1n) is 9.32. The molecule has 0 spiro atoms. The number of nitrogens with one attached hydrogen (secondary N) is 2. The summed E-state index contributed by atoms with van der Waals surface area (Å²) in [6.07, 6.45) is 8.35. The van der Waals surface area contributed by atoms with Gasteiger partial charge in [0.15, 0.2) is 0 Å². The molecule has 5 nitrogen and oxygen atoms in total. The molecule has 2 aromatic rings. The normalized spacial score (nSPS) is 14.2. The van der Waals surface area contributed by atoms with E-state index in [1.165, 1.54) is 23.3 Å². The third kappa shape index (κ3) is 5.57. The molecule has 0 radical (unpaired) electrons. The molecule has 3 rings (SSSR count). The second kappa shape index (κ2) is 9.90. The monoisotopic (exact) mass is 396 g/mol. The van der Waals surface area contributed by atoms with Crippen molar-refractivity contribution in [3.05, 3.63) is 69.6 Å². The highest BCUT2D eigenvalue weighted by atomic mass is 32.1. The van der Waals surface area contributed by atoms with Crippen LogP contribution in [0.1, 0.15) is 40.9 Å². The van der Waals surface area contributed by atoms with Crippen molar-refractivity contribution in [1.82, 2.24) is 10.6 Å². The minimum atomic E-state index is -0.336. The molecule has 1 aromatic carbocycles. The fourth-order valence-corrected chi connectivity index (χ4v) is 3.62. The second-order valence-corrected chi connectivity index (χ2v) is 7.53. The van der Waals surface area contributed by atoms with Crippen molar-refractivity contribution in [2.75, 3.05) is 13.7 Å². The molecular weight excluding hydrogens is 372 g/mol. The lowest BCUT2D eigenvalue weighted by Gasteiger charge is -2.15. The Hall–Kier alpha value is -2.86. The molecule has 0 atom stereocenters. The molecule has 6 heteroatoms. The number of carbonyl (C=O) groups excluding carboxylic acids is 2. The highest BCUT2D eigenvalue weighted by molar-refractivity contribution is 7.10. The number of hydrogen-bond acceptors (Lipinski definition) is 4. The number of ether oxygens (including phenoxy) is 1. The van der Waals surface area contributed by atoms with Gasteiger partial charge in [0.2, 0.25) is 0 Å². The van der Waals surface area contributed by atoms with Crippen molar-refractivity contribution >= 4 is 29.2 Å². The van der Waals surface area contributed by atoms with Crippen LogP contribution >= 0.6 is 11.3 Å². The van der Waals surface area contributed by atoms with Crippen LogP contribution in [0.4, 0.5) is 0 Å². The van der Waals surface area contributed by atoms with E-state index in [-0.39, 0.29) is 17.5 Å². The Labute approximate surface area is 169 Å². The topological polar surface area (TPSA) is 67.4 Å². The lowest BCUT2D eigenvalue weighted by atomic mass is 10.00. The zero-order chi connectivity index (χ0) is 19.8. The van der Waals surface area contributed by atoms with Crippen molar-refractivity contribution < 1.29 is 14.3 Å². The Bertz CT molecular complexity index is 868. The predicted molar refractivity (Wildman–Crippen MR) is 112 cm³/mol. The Morgan fingerprint density at radius 1 is 1.18 bits per heavy atom.